The smallest absolute Gasteiger partial charge is 0.0134 e. The maximum atomic E-state index is 5.44. The molecule has 1 unspecified atom stereocenters. The van der Waals surface area contributed by atoms with E-state index in [4.69, 9.17) is 5.73 Å². The quantitative estimate of drug-likeness (QED) is 0.592. The van der Waals surface area contributed by atoms with Gasteiger partial charge in [0.15, 0.2) is 0 Å². The first kappa shape index (κ1) is 7.80. The molecule has 10 heavy (non-hydrogen) atoms. The molecule has 1 heteroatoms. The van der Waals surface area contributed by atoms with Gasteiger partial charge in [0.25, 0.3) is 0 Å². The Hall–Kier alpha value is -0.300. The molecule has 0 saturated heterocycles. The lowest BCUT2D eigenvalue weighted by Crippen LogP contribution is -2.06. The number of hydrogen-bond acceptors (Lipinski definition) is 1. The molecule has 0 aromatic heterocycles. The minimum atomic E-state index is 0.664. The van der Waals surface area contributed by atoms with Gasteiger partial charge in [-0.15, -0.1) is 0 Å². The van der Waals surface area contributed by atoms with Crippen molar-refractivity contribution >= 4 is 0 Å². The van der Waals surface area contributed by atoms with Crippen LogP contribution < -0.4 is 5.73 Å². The maximum Gasteiger partial charge on any atom is 0.0134 e. The van der Waals surface area contributed by atoms with Crippen LogP contribution in [-0.2, 0) is 0 Å². The topological polar surface area (TPSA) is 26.0 Å². The third-order valence-electron chi connectivity index (χ3n) is 2.33. The summed E-state index contributed by atoms with van der Waals surface area (Å²) in [7, 11) is 0. The molecule has 0 aliphatic heterocycles. The Kier molecular flexibility index (Phi) is 2.50. The van der Waals surface area contributed by atoms with E-state index < -0.39 is 0 Å². The molecule has 0 aromatic rings. The largest absolute Gasteiger partial charge is 0.327 e. The highest BCUT2D eigenvalue weighted by Crippen LogP contribution is 2.38. The van der Waals surface area contributed by atoms with Gasteiger partial charge in [-0.05, 0) is 31.1 Å². The van der Waals surface area contributed by atoms with E-state index in [1.165, 1.54) is 18.4 Å². The molecule has 58 valence electrons. The monoisotopic (exact) mass is 139 g/mol. The SMILES string of the molecule is C=C(CN)CC(C)C1CC1. The van der Waals surface area contributed by atoms with Gasteiger partial charge in [-0.1, -0.05) is 19.1 Å². The highest BCUT2D eigenvalue weighted by molar-refractivity contribution is 4.98. The second-order valence-electron chi connectivity index (χ2n) is 3.47. The Bertz CT molecular complexity index is 125. The Labute approximate surface area is 63.3 Å². The predicted molar refractivity (Wildman–Crippen MR) is 44.7 cm³/mol. The molecule has 1 saturated carbocycles. The molecule has 1 atom stereocenters. The summed E-state index contributed by atoms with van der Waals surface area (Å²) in [4.78, 5) is 0. The van der Waals surface area contributed by atoms with Crippen molar-refractivity contribution in [3.63, 3.8) is 0 Å². The average Bonchev–Trinajstić information content (AvgIpc) is 2.68. The van der Waals surface area contributed by atoms with Crippen molar-refractivity contribution in [2.24, 2.45) is 17.6 Å². The molecule has 1 aliphatic carbocycles. The summed E-state index contributed by atoms with van der Waals surface area (Å²) in [6, 6.07) is 0. The van der Waals surface area contributed by atoms with Gasteiger partial charge in [0.2, 0.25) is 0 Å². The van der Waals surface area contributed by atoms with Crippen LogP contribution in [0.1, 0.15) is 26.2 Å². The molecule has 1 aliphatic rings. The molecule has 1 rings (SSSR count). The highest BCUT2D eigenvalue weighted by Gasteiger charge is 2.27. The van der Waals surface area contributed by atoms with E-state index in [0.29, 0.717) is 6.54 Å². The molecule has 1 nitrogen and oxygen atoms in total. The Morgan fingerprint density at radius 3 is 2.70 bits per heavy atom. The fraction of sp³-hybridized carbons (Fsp3) is 0.778. The van der Waals surface area contributed by atoms with Crippen molar-refractivity contribution in [1.82, 2.24) is 0 Å². The Balaban J connectivity index is 2.16. The van der Waals surface area contributed by atoms with Crippen LogP contribution in [0.3, 0.4) is 0 Å². The molecule has 0 aromatic carbocycles. The number of hydrogen-bond donors (Lipinski definition) is 1. The van der Waals surface area contributed by atoms with Gasteiger partial charge in [0, 0.05) is 6.54 Å². The highest BCUT2D eigenvalue weighted by atomic mass is 14.5. The Morgan fingerprint density at radius 2 is 2.30 bits per heavy atom. The van der Waals surface area contributed by atoms with Gasteiger partial charge < -0.3 is 5.73 Å². The molecule has 0 radical (unpaired) electrons. The van der Waals surface area contributed by atoms with Crippen LogP contribution in [0.4, 0.5) is 0 Å². The van der Waals surface area contributed by atoms with Gasteiger partial charge in [-0.25, -0.2) is 0 Å². The van der Waals surface area contributed by atoms with Crippen LogP contribution in [0, 0.1) is 11.8 Å². The summed E-state index contributed by atoms with van der Waals surface area (Å²) in [6.07, 6.45) is 4.00. The molecule has 0 spiro atoms. The van der Waals surface area contributed by atoms with Crippen LogP contribution in [0.5, 0.6) is 0 Å². The third kappa shape index (κ3) is 2.14. The van der Waals surface area contributed by atoms with E-state index in [1.807, 2.05) is 0 Å². The molecular weight excluding hydrogens is 122 g/mol. The van der Waals surface area contributed by atoms with Crippen molar-refractivity contribution < 1.29 is 0 Å². The number of nitrogens with two attached hydrogens (primary N) is 1. The predicted octanol–water partition coefficient (Wildman–Crippen LogP) is 1.94. The summed E-state index contributed by atoms with van der Waals surface area (Å²) >= 11 is 0. The first-order valence-corrected chi connectivity index (χ1v) is 4.10. The molecule has 1 fully saturated rings. The first-order valence-electron chi connectivity index (χ1n) is 4.10. The van der Waals surface area contributed by atoms with Crippen LogP contribution in [0.2, 0.25) is 0 Å². The lowest BCUT2D eigenvalue weighted by molar-refractivity contribution is 0.502. The van der Waals surface area contributed by atoms with Crippen LogP contribution in [0.15, 0.2) is 12.2 Å². The lowest BCUT2D eigenvalue weighted by Gasteiger charge is -2.09. The van der Waals surface area contributed by atoms with E-state index in [2.05, 4.69) is 13.5 Å². The average molecular weight is 139 g/mol. The molecular formula is C9H17N. The van der Waals surface area contributed by atoms with Gasteiger partial charge in [-0.2, -0.15) is 0 Å². The fourth-order valence-electron chi connectivity index (χ4n) is 1.37. The minimum Gasteiger partial charge on any atom is -0.327 e. The zero-order valence-electron chi connectivity index (χ0n) is 6.77. The van der Waals surface area contributed by atoms with Gasteiger partial charge >= 0.3 is 0 Å². The van der Waals surface area contributed by atoms with E-state index in [-0.39, 0.29) is 0 Å². The van der Waals surface area contributed by atoms with E-state index in [0.717, 1.165) is 18.3 Å². The van der Waals surface area contributed by atoms with Crippen molar-refractivity contribution in [3.8, 4) is 0 Å². The van der Waals surface area contributed by atoms with Crippen LogP contribution >= 0.6 is 0 Å². The van der Waals surface area contributed by atoms with E-state index in [1.54, 1.807) is 0 Å². The van der Waals surface area contributed by atoms with Crippen molar-refractivity contribution in [2.45, 2.75) is 26.2 Å². The van der Waals surface area contributed by atoms with E-state index >= 15 is 0 Å². The second-order valence-corrected chi connectivity index (χ2v) is 3.47. The van der Waals surface area contributed by atoms with Crippen molar-refractivity contribution in [1.29, 1.82) is 0 Å². The van der Waals surface area contributed by atoms with Crippen molar-refractivity contribution in [2.75, 3.05) is 6.54 Å². The van der Waals surface area contributed by atoms with Crippen molar-refractivity contribution in [3.05, 3.63) is 12.2 Å². The summed E-state index contributed by atoms with van der Waals surface area (Å²) < 4.78 is 0. The molecule has 0 heterocycles. The lowest BCUT2D eigenvalue weighted by atomic mass is 9.98. The molecule has 0 bridgehead atoms. The summed E-state index contributed by atoms with van der Waals surface area (Å²) in [6.45, 7) is 6.87. The van der Waals surface area contributed by atoms with Gasteiger partial charge in [0.1, 0.15) is 0 Å². The summed E-state index contributed by atoms with van der Waals surface area (Å²) in [5, 5.41) is 0. The molecule has 2 N–H and O–H groups in total. The number of rotatable bonds is 4. The zero-order valence-corrected chi connectivity index (χ0v) is 6.77. The summed E-state index contributed by atoms with van der Waals surface area (Å²) in [5.74, 6) is 1.82. The zero-order chi connectivity index (χ0) is 7.56. The normalized spacial score (nSPS) is 20.6. The fourth-order valence-corrected chi connectivity index (χ4v) is 1.37. The van der Waals surface area contributed by atoms with Gasteiger partial charge in [0.05, 0.1) is 0 Å². The Morgan fingerprint density at radius 1 is 1.70 bits per heavy atom. The maximum absolute atomic E-state index is 5.44. The van der Waals surface area contributed by atoms with E-state index in [9.17, 15) is 0 Å². The third-order valence-corrected chi connectivity index (χ3v) is 2.33. The first-order chi connectivity index (χ1) is 4.74. The second kappa shape index (κ2) is 3.20. The molecule has 0 amide bonds. The minimum absolute atomic E-state index is 0.664. The standard InChI is InChI=1S/C9H17N/c1-7(6-10)5-8(2)9-3-4-9/h8-9H,1,3-6,10H2,2H3. The summed E-state index contributed by atoms with van der Waals surface area (Å²) in [5.41, 5.74) is 6.65. The van der Waals surface area contributed by atoms with Gasteiger partial charge in [-0.3, -0.25) is 0 Å². The van der Waals surface area contributed by atoms with Crippen LogP contribution in [-0.4, -0.2) is 6.54 Å². The van der Waals surface area contributed by atoms with Crippen LogP contribution in [0.25, 0.3) is 0 Å².